The fraction of sp³-hybridized carbons (Fsp3) is 0.304. The molecule has 0 spiro atoms. The van der Waals surface area contributed by atoms with Gasteiger partial charge in [-0.1, -0.05) is 41.9 Å². The van der Waals surface area contributed by atoms with E-state index in [-0.39, 0.29) is 6.03 Å². The summed E-state index contributed by atoms with van der Waals surface area (Å²) in [5.41, 5.74) is 1.68. The standard InChI is InChI=1S/C23H25ClN4O2/c24-18-7-5-17(6-8-18)23(30)10-14-28(15-11-23)16-13-26-22(29)27-21-9-12-25-20-4-2-1-3-19(20)21/h1-9,12,30H,10-11,13-16H2,(H2,25,26,27,29). The third-order valence-corrected chi connectivity index (χ3v) is 5.93. The molecule has 0 atom stereocenters. The van der Waals surface area contributed by atoms with Gasteiger partial charge in [-0.3, -0.25) is 4.98 Å². The maximum absolute atomic E-state index is 12.3. The van der Waals surface area contributed by atoms with Gasteiger partial charge in [-0.05, 0) is 42.7 Å². The highest BCUT2D eigenvalue weighted by atomic mass is 35.5. The number of pyridine rings is 1. The number of halogens is 1. The van der Waals surface area contributed by atoms with Gasteiger partial charge < -0.3 is 20.6 Å². The summed E-state index contributed by atoms with van der Waals surface area (Å²) in [5, 5.41) is 18.4. The molecule has 0 saturated carbocycles. The van der Waals surface area contributed by atoms with Crippen molar-refractivity contribution in [3.63, 3.8) is 0 Å². The van der Waals surface area contributed by atoms with E-state index >= 15 is 0 Å². The number of carbonyl (C=O) groups excluding carboxylic acids is 1. The van der Waals surface area contributed by atoms with E-state index in [1.807, 2.05) is 48.5 Å². The van der Waals surface area contributed by atoms with E-state index in [0.717, 1.165) is 41.8 Å². The number of amides is 2. The van der Waals surface area contributed by atoms with Crippen LogP contribution >= 0.6 is 11.6 Å². The fourth-order valence-corrected chi connectivity index (χ4v) is 4.02. The summed E-state index contributed by atoms with van der Waals surface area (Å²) >= 11 is 5.95. The Morgan fingerprint density at radius 3 is 2.60 bits per heavy atom. The zero-order valence-electron chi connectivity index (χ0n) is 16.6. The Bertz CT molecular complexity index is 1010. The van der Waals surface area contributed by atoms with Crippen LogP contribution in [-0.4, -0.2) is 47.2 Å². The van der Waals surface area contributed by atoms with Crippen molar-refractivity contribution in [2.45, 2.75) is 18.4 Å². The van der Waals surface area contributed by atoms with E-state index in [0.29, 0.717) is 24.4 Å². The summed E-state index contributed by atoms with van der Waals surface area (Å²) in [6, 6.07) is 16.7. The molecule has 30 heavy (non-hydrogen) atoms. The number of para-hydroxylation sites is 1. The van der Waals surface area contributed by atoms with Gasteiger partial charge in [-0.15, -0.1) is 0 Å². The molecule has 0 bridgehead atoms. The molecule has 2 amide bonds. The van der Waals surface area contributed by atoms with Crippen LogP contribution in [0.25, 0.3) is 10.9 Å². The number of fused-ring (bicyclic) bond motifs is 1. The number of benzene rings is 2. The molecule has 1 aliphatic heterocycles. The van der Waals surface area contributed by atoms with Crippen molar-refractivity contribution in [2.75, 3.05) is 31.5 Å². The molecule has 2 heterocycles. The van der Waals surface area contributed by atoms with Crippen LogP contribution in [0.1, 0.15) is 18.4 Å². The first kappa shape index (κ1) is 20.6. The average Bonchev–Trinajstić information content (AvgIpc) is 2.76. The number of anilines is 1. The Balaban J connectivity index is 1.24. The first-order valence-corrected chi connectivity index (χ1v) is 10.5. The third-order valence-electron chi connectivity index (χ3n) is 5.68. The number of rotatable bonds is 5. The van der Waals surface area contributed by atoms with Gasteiger partial charge in [0.25, 0.3) is 0 Å². The van der Waals surface area contributed by atoms with Gasteiger partial charge in [0.15, 0.2) is 0 Å². The lowest BCUT2D eigenvalue weighted by Crippen LogP contribution is -2.45. The Morgan fingerprint density at radius 2 is 1.83 bits per heavy atom. The molecule has 1 aliphatic rings. The molecule has 0 aliphatic carbocycles. The Labute approximate surface area is 180 Å². The summed E-state index contributed by atoms with van der Waals surface area (Å²) in [6.45, 7) is 2.82. The number of hydrogen-bond acceptors (Lipinski definition) is 4. The van der Waals surface area contributed by atoms with Crippen molar-refractivity contribution in [2.24, 2.45) is 0 Å². The van der Waals surface area contributed by atoms with E-state index in [4.69, 9.17) is 11.6 Å². The van der Waals surface area contributed by atoms with Crippen LogP contribution in [0.4, 0.5) is 10.5 Å². The molecule has 0 unspecified atom stereocenters. The number of hydrogen-bond donors (Lipinski definition) is 3. The molecule has 1 fully saturated rings. The quantitative estimate of drug-likeness (QED) is 0.578. The van der Waals surface area contributed by atoms with Crippen molar-refractivity contribution < 1.29 is 9.90 Å². The van der Waals surface area contributed by atoms with Gasteiger partial charge in [0, 0.05) is 42.8 Å². The summed E-state index contributed by atoms with van der Waals surface area (Å²) in [7, 11) is 0. The predicted octanol–water partition coefficient (Wildman–Crippen LogP) is 3.99. The number of carbonyl (C=O) groups is 1. The minimum Gasteiger partial charge on any atom is -0.385 e. The second-order valence-corrected chi connectivity index (χ2v) is 8.07. The molecule has 6 nitrogen and oxygen atoms in total. The van der Waals surface area contributed by atoms with E-state index in [2.05, 4.69) is 20.5 Å². The second-order valence-electron chi connectivity index (χ2n) is 7.64. The van der Waals surface area contributed by atoms with E-state index in [1.165, 1.54) is 0 Å². The molecule has 1 aromatic heterocycles. The largest absolute Gasteiger partial charge is 0.385 e. The van der Waals surface area contributed by atoms with Gasteiger partial charge in [0.1, 0.15) is 0 Å². The lowest BCUT2D eigenvalue weighted by atomic mass is 9.84. The smallest absolute Gasteiger partial charge is 0.319 e. The van der Waals surface area contributed by atoms with Crippen molar-refractivity contribution >= 4 is 34.2 Å². The van der Waals surface area contributed by atoms with Crippen LogP contribution < -0.4 is 10.6 Å². The zero-order valence-corrected chi connectivity index (χ0v) is 17.4. The van der Waals surface area contributed by atoms with Crippen molar-refractivity contribution in [1.82, 2.24) is 15.2 Å². The molecule has 2 aromatic carbocycles. The van der Waals surface area contributed by atoms with Gasteiger partial charge in [-0.2, -0.15) is 0 Å². The molecule has 0 radical (unpaired) electrons. The van der Waals surface area contributed by atoms with Crippen LogP contribution in [0.5, 0.6) is 0 Å². The van der Waals surface area contributed by atoms with Crippen LogP contribution in [0.3, 0.4) is 0 Å². The molecule has 4 rings (SSSR count). The van der Waals surface area contributed by atoms with Gasteiger partial charge >= 0.3 is 6.03 Å². The number of nitrogens with one attached hydrogen (secondary N) is 2. The first-order valence-electron chi connectivity index (χ1n) is 10.1. The molecule has 3 N–H and O–H groups in total. The van der Waals surface area contributed by atoms with E-state index < -0.39 is 5.60 Å². The summed E-state index contributed by atoms with van der Waals surface area (Å²) in [5.74, 6) is 0. The predicted molar refractivity (Wildman–Crippen MR) is 120 cm³/mol. The third kappa shape index (κ3) is 4.73. The van der Waals surface area contributed by atoms with Gasteiger partial charge in [0.05, 0.1) is 16.8 Å². The number of piperidine rings is 1. The Morgan fingerprint density at radius 1 is 1.10 bits per heavy atom. The highest BCUT2D eigenvalue weighted by Crippen LogP contribution is 2.33. The van der Waals surface area contributed by atoms with Crippen LogP contribution in [0, 0.1) is 0 Å². The fourth-order valence-electron chi connectivity index (χ4n) is 3.89. The number of likely N-dealkylation sites (tertiary alicyclic amines) is 1. The van der Waals surface area contributed by atoms with Crippen molar-refractivity contribution in [3.8, 4) is 0 Å². The lowest BCUT2D eigenvalue weighted by molar-refractivity contribution is -0.0254. The number of urea groups is 1. The van der Waals surface area contributed by atoms with Crippen molar-refractivity contribution in [1.29, 1.82) is 0 Å². The maximum atomic E-state index is 12.3. The molecule has 3 aromatic rings. The summed E-state index contributed by atoms with van der Waals surface area (Å²) < 4.78 is 0. The minimum atomic E-state index is -0.811. The number of aliphatic hydroxyl groups is 1. The maximum Gasteiger partial charge on any atom is 0.319 e. The normalized spacial score (nSPS) is 16.3. The number of aromatic nitrogens is 1. The van der Waals surface area contributed by atoms with Crippen molar-refractivity contribution in [3.05, 3.63) is 71.4 Å². The molecular formula is C23H25ClN4O2. The number of nitrogens with zero attached hydrogens (tertiary/aromatic N) is 2. The Hall–Kier alpha value is -2.67. The Kier molecular flexibility index (Phi) is 6.18. The topological polar surface area (TPSA) is 77.5 Å². The highest BCUT2D eigenvalue weighted by molar-refractivity contribution is 6.30. The monoisotopic (exact) mass is 424 g/mol. The van der Waals surface area contributed by atoms with E-state index in [1.54, 1.807) is 12.3 Å². The van der Waals surface area contributed by atoms with Crippen LogP contribution in [0.15, 0.2) is 60.8 Å². The molecule has 156 valence electrons. The highest BCUT2D eigenvalue weighted by Gasteiger charge is 2.33. The van der Waals surface area contributed by atoms with E-state index in [9.17, 15) is 9.90 Å². The lowest BCUT2D eigenvalue weighted by Gasteiger charge is -2.38. The second kappa shape index (κ2) is 9.00. The minimum absolute atomic E-state index is 0.235. The average molecular weight is 425 g/mol. The molecular weight excluding hydrogens is 400 g/mol. The summed E-state index contributed by atoms with van der Waals surface area (Å²) in [4.78, 5) is 18.9. The van der Waals surface area contributed by atoms with Crippen LogP contribution in [-0.2, 0) is 5.60 Å². The first-order chi connectivity index (χ1) is 14.5. The van der Waals surface area contributed by atoms with Gasteiger partial charge in [-0.25, -0.2) is 4.79 Å². The molecule has 7 heteroatoms. The molecule has 1 saturated heterocycles. The summed E-state index contributed by atoms with van der Waals surface area (Å²) in [6.07, 6.45) is 3.00. The van der Waals surface area contributed by atoms with Crippen LogP contribution in [0.2, 0.25) is 5.02 Å². The van der Waals surface area contributed by atoms with Gasteiger partial charge in [0.2, 0.25) is 0 Å². The zero-order chi connectivity index (χ0) is 21.0. The SMILES string of the molecule is O=C(NCCN1CCC(O)(c2ccc(Cl)cc2)CC1)Nc1ccnc2ccccc12.